The minimum Gasteiger partial charge on any atom is -0.443 e. The molecule has 1 aliphatic rings. The number of piperidine rings is 1. The Balaban J connectivity index is 2.96. The quantitative estimate of drug-likeness (QED) is 0.367. The average molecular weight is 512 g/mol. The average Bonchev–Trinajstić information content (AvgIpc) is 2.58. The molecule has 0 bridgehead atoms. The largest absolute Gasteiger partial charge is 0.443 e. The van der Waals surface area contributed by atoms with E-state index in [2.05, 4.69) is 21.2 Å². The van der Waals surface area contributed by atoms with Crippen LogP contribution < -0.4 is 0 Å². The van der Waals surface area contributed by atoms with Crippen LogP contribution in [0.2, 0.25) is 0 Å². The first kappa shape index (κ1) is 24.2. The first-order valence-corrected chi connectivity index (χ1v) is 12.5. The van der Waals surface area contributed by atoms with Gasteiger partial charge in [0.1, 0.15) is 11.6 Å². The second-order valence-electron chi connectivity index (χ2n) is 7.18. The van der Waals surface area contributed by atoms with Gasteiger partial charge in [-0.15, -0.1) is 0 Å². The molecule has 0 saturated carbocycles. The monoisotopic (exact) mass is 512 g/mol. The molecule has 1 heterocycles. The molecule has 1 fully saturated rings. The first-order chi connectivity index (χ1) is 12.7. The molecule has 1 unspecified atom stereocenters. The lowest BCUT2D eigenvalue weighted by Gasteiger charge is -2.36. The van der Waals surface area contributed by atoms with E-state index in [9.17, 15) is 14.4 Å². The Morgan fingerprint density at radius 3 is 2.67 bits per heavy atom. The minimum absolute atomic E-state index is 0.244. The minimum atomic E-state index is -0.828. The first-order valence-electron chi connectivity index (χ1n) is 8.92. The smallest absolute Gasteiger partial charge is 0.417 e. The molecule has 0 aromatic carbocycles. The van der Waals surface area contributed by atoms with Crippen molar-refractivity contribution in [2.45, 2.75) is 51.7 Å². The number of rotatable bonds is 8. The molecule has 7 nitrogen and oxygen atoms in total. The predicted molar refractivity (Wildman–Crippen MR) is 115 cm³/mol. The summed E-state index contributed by atoms with van der Waals surface area (Å²) in [7, 11) is 3.23. The molecule has 1 rings (SSSR count). The number of amides is 3. The van der Waals surface area contributed by atoms with E-state index in [1.165, 1.54) is 0 Å². The fourth-order valence-electron chi connectivity index (χ4n) is 2.65. The lowest BCUT2D eigenvalue weighted by atomic mass is 10.0. The summed E-state index contributed by atoms with van der Waals surface area (Å²) in [6.45, 7) is 6.38. The summed E-state index contributed by atoms with van der Waals surface area (Å²) >= 11 is 2.21. The number of carbonyl (C=O) groups is 3. The van der Waals surface area contributed by atoms with Gasteiger partial charge in [0.05, 0.1) is 6.61 Å². The van der Waals surface area contributed by atoms with E-state index in [0.29, 0.717) is 32.5 Å². The highest BCUT2D eigenvalue weighted by Crippen LogP contribution is 2.23. The van der Waals surface area contributed by atoms with Crippen molar-refractivity contribution in [3.8, 4) is 0 Å². The van der Waals surface area contributed by atoms with Crippen molar-refractivity contribution in [1.29, 1.82) is 0 Å². The second kappa shape index (κ2) is 11.9. The Bertz CT molecular complexity index is 550. The van der Waals surface area contributed by atoms with Crippen LogP contribution in [-0.2, 0) is 19.1 Å². The number of hydrogen-bond donors (Lipinski definition) is 0. The lowest BCUT2D eigenvalue weighted by molar-refractivity contribution is -0.147. The van der Waals surface area contributed by atoms with Gasteiger partial charge in [0.2, 0.25) is 11.8 Å². The van der Waals surface area contributed by atoms with Gasteiger partial charge in [0, 0.05) is 32.4 Å². The van der Waals surface area contributed by atoms with Crippen LogP contribution in [0.1, 0.15) is 40.0 Å². The van der Waals surface area contributed by atoms with Crippen molar-refractivity contribution in [1.82, 2.24) is 9.80 Å². The zero-order valence-electron chi connectivity index (χ0n) is 16.4. The van der Waals surface area contributed by atoms with Gasteiger partial charge < -0.3 is 14.4 Å². The van der Waals surface area contributed by atoms with E-state index in [-0.39, 0.29) is 18.2 Å². The normalized spacial score (nSPS) is 18.0. The van der Waals surface area contributed by atoms with Crippen LogP contribution in [0.25, 0.3) is 0 Å². The van der Waals surface area contributed by atoms with Gasteiger partial charge in [-0.05, 0) is 54.8 Å². The fourth-order valence-corrected chi connectivity index (χ4v) is 3.49. The summed E-state index contributed by atoms with van der Waals surface area (Å²) in [5, 5.41) is 0. The zero-order valence-corrected chi connectivity index (χ0v) is 19.4. The van der Waals surface area contributed by atoms with Crippen LogP contribution in [-0.4, -0.2) is 71.9 Å². The standard InChI is InChI=1S/C18H29IN2O5S/c1-18(2,3)26-17(24)21-14(8-7-9-15(21)22)16(23)20(11-12-25-4)10-5-6-13-27-19/h5-6,14H,7-13H2,1-4H3/b6-5+. The Hall–Kier alpha value is -0.810. The molecule has 0 aliphatic carbocycles. The summed E-state index contributed by atoms with van der Waals surface area (Å²) in [5.41, 5.74) is -0.738. The highest BCUT2D eigenvalue weighted by Gasteiger charge is 2.41. The predicted octanol–water partition coefficient (Wildman–Crippen LogP) is 3.42. The molecule has 0 spiro atoms. The molecule has 0 aromatic rings. The van der Waals surface area contributed by atoms with Crippen LogP contribution >= 0.6 is 30.1 Å². The van der Waals surface area contributed by atoms with Crippen LogP contribution in [0.5, 0.6) is 0 Å². The molecular formula is C18H29IN2O5S. The Kier molecular flexibility index (Phi) is 10.7. The van der Waals surface area contributed by atoms with E-state index in [4.69, 9.17) is 9.47 Å². The number of ether oxygens (including phenoxy) is 2. The maximum absolute atomic E-state index is 13.1. The molecule has 3 amide bonds. The van der Waals surface area contributed by atoms with Crippen LogP contribution in [0.4, 0.5) is 4.79 Å². The number of carbonyl (C=O) groups excluding carboxylic acids is 3. The number of likely N-dealkylation sites (tertiary alicyclic amines) is 1. The summed E-state index contributed by atoms with van der Waals surface area (Å²) in [6, 6.07) is -0.828. The van der Waals surface area contributed by atoms with Crippen molar-refractivity contribution < 1.29 is 23.9 Å². The third-order valence-electron chi connectivity index (χ3n) is 3.85. The van der Waals surface area contributed by atoms with Crippen molar-refractivity contribution >= 4 is 48.0 Å². The number of imide groups is 1. The zero-order chi connectivity index (χ0) is 20.4. The van der Waals surface area contributed by atoms with Gasteiger partial charge in [0.15, 0.2) is 0 Å². The number of halogens is 1. The highest BCUT2D eigenvalue weighted by molar-refractivity contribution is 14.2. The van der Waals surface area contributed by atoms with E-state index in [1.54, 1.807) is 41.7 Å². The van der Waals surface area contributed by atoms with Crippen molar-refractivity contribution in [3.63, 3.8) is 0 Å². The maximum Gasteiger partial charge on any atom is 0.417 e. The molecule has 1 aliphatic heterocycles. The molecule has 154 valence electrons. The topological polar surface area (TPSA) is 76.2 Å². The van der Waals surface area contributed by atoms with Gasteiger partial charge in [-0.25, -0.2) is 9.69 Å². The Morgan fingerprint density at radius 1 is 1.37 bits per heavy atom. The summed E-state index contributed by atoms with van der Waals surface area (Å²) in [4.78, 5) is 40.7. The molecule has 0 N–H and O–H groups in total. The number of hydrogen-bond acceptors (Lipinski definition) is 6. The maximum atomic E-state index is 13.1. The van der Waals surface area contributed by atoms with Crippen molar-refractivity contribution in [3.05, 3.63) is 12.2 Å². The van der Waals surface area contributed by atoms with Gasteiger partial charge in [-0.2, -0.15) is 0 Å². The van der Waals surface area contributed by atoms with E-state index >= 15 is 0 Å². The molecule has 0 aromatic heterocycles. The molecule has 0 radical (unpaired) electrons. The number of nitrogens with zero attached hydrogens (tertiary/aromatic N) is 2. The summed E-state index contributed by atoms with van der Waals surface area (Å²) in [5.74, 6) is 0.230. The van der Waals surface area contributed by atoms with E-state index in [0.717, 1.165) is 10.7 Å². The SMILES string of the molecule is COCCN(C/C=C/CSI)C(=O)C1CCCC(=O)N1C(=O)OC(C)(C)C. The van der Waals surface area contributed by atoms with E-state index < -0.39 is 17.7 Å². The molecule has 27 heavy (non-hydrogen) atoms. The summed E-state index contributed by atoms with van der Waals surface area (Å²) in [6.07, 6.45) is 4.42. The fraction of sp³-hybridized carbons (Fsp3) is 0.722. The third kappa shape index (κ3) is 8.39. The highest BCUT2D eigenvalue weighted by atomic mass is 127. The van der Waals surface area contributed by atoms with Crippen molar-refractivity contribution in [2.24, 2.45) is 0 Å². The molecule has 1 saturated heterocycles. The van der Waals surface area contributed by atoms with Crippen LogP contribution in [0, 0.1) is 0 Å². The van der Waals surface area contributed by atoms with Gasteiger partial charge in [0.25, 0.3) is 0 Å². The van der Waals surface area contributed by atoms with Gasteiger partial charge >= 0.3 is 6.09 Å². The molecule has 1 atom stereocenters. The third-order valence-corrected chi connectivity index (χ3v) is 5.25. The van der Waals surface area contributed by atoms with Crippen LogP contribution in [0.15, 0.2) is 12.2 Å². The van der Waals surface area contributed by atoms with Crippen molar-refractivity contribution in [2.75, 3.05) is 32.6 Å². The Morgan fingerprint density at radius 2 is 2.07 bits per heavy atom. The van der Waals surface area contributed by atoms with Gasteiger partial charge in [-0.1, -0.05) is 21.1 Å². The lowest BCUT2D eigenvalue weighted by Crippen LogP contribution is -2.56. The number of methoxy groups -OCH3 is 1. The molecule has 9 heteroatoms. The van der Waals surface area contributed by atoms with E-state index in [1.807, 2.05) is 12.2 Å². The second-order valence-corrected chi connectivity index (χ2v) is 9.60. The molecular weight excluding hydrogens is 483 g/mol. The Labute approximate surface area is 177 Å². The van der Waals surface area contributed by atoms with Crippen LogP contribution in [0.3, 0.4) is 0 Å². The van der Waals surface area contributed by atoms with Gasteiger partial charge in [-0.3, -0.25) is 9.59 Å². The summed E-state index contributed by atoms with van der Waals surface area (Å²) < 4.78 is 10.5.